The van der Waals surface area contributed by atoms with Crippen LogP contribution in [0.25, 0.3) is 0 Å². The fourth-order valence-electron chi connectivity index (χ4n) is 2.72. The summed E-state index contributed by atoms with van der Waals surface area (Å²) in [5, 5.41) is 13.1. The van der Waals surface area contributed by atoms with Crippen molar-refractivity contribution in [3.63, 3.8) is 0 Å². The SMILES string of the molecule is C#CCOc1cc(F)ccc1NC(=O)CC1(O)CCCCC1. The Kier molecular flexibility index (Phi) is 5.40. The number of hydrogen-bond donors (Lipinski definition) is 2. The highest BCUT2D eigenvalue weighted by Crippen LogP contribution is 2.32. The fraction of sp³-hybridized carbons (Fsp3) is 0.471. The van der Waals surface area contributed by atoms with Gasteiger partial charge in [-0.2, -0.15) is 0 Å². The first-order chi connectivity index (χ1) is 10.5. The number of rotatable bonds is 5. The molecule has 5 heteroatoms. The van der Waals surface area contributed by atoms with E-state index >= 15 is 0 Å². The van der Waals surface area contributed by atoms with E-state index in [1.54, 1.807) is 0 Å². The van der Waals surface area contributed by atoms with Crippen molar-refractivity contribution in [2.24, 2.45) is 0 Å². The molecular weight excluding hydrogens is 285 g/mol. The zero-order valence-electron chi connectivity index (χ0n) is 12.4. The van der Waals surface area contributed by atoms with Crippen LogP contribution in [0.5, 0.6) is 5.75 Å². The molecule has 0 bridgehead atoms. The molecule has 0 spiro atoms. The second-order valence-electron chi connectivity index (χ2n) is 5.64. The number of anilines is 1. The number of ether oxygens (including phenoxy) is 1. The van der Waals surface area contributed by atoms with Gasteiger partial charge >= 0.3 is 0 Å². The number of terminal acetylenes is 1. The van der Waals surface area contributed by atoms with Gasteiger partial charge in [0.2, 0.25) is 5.91 Å². The summed E-state index contributed by atoms with van der Waals surface area (Å²) in [7, 11) is 0. The molecule has 1 saturated carbocycles. The maximum Gasteiger partial charge on any atom is 0.227 e. The van der Waals surface area contributed by atoms with Crippen LogP contribution in [-0.4, -0.2) is 23.2 Å². The molecule has 4 nitrogen and oxygen atoms in total. The molecule has 1 aromatic carbocycles. The Bertz CT molecular complexity index is 574. The van der Waals surface area contributed by atoms with E-state index in [1.807, 2.05) is 0 Å². The van der Waals surface area contributed by atoms with Crippen molar-refractivity contribution in [2.75, 3.05) is 11.9 Å². The first kappa shape index (κ1) is 16.3. The van der Waals surface area contributed by atoms with Gasteiger partial charge in [-0.25, -0.2) is 4.39 Å². The van der Waals surface area contributed by atoms with Crippen molar-refractivity contribution in [3.8, 4) is 18.1 Å². The van der Waals surface area contributed by atoms with Crippen LogP contribution in [0, 0.1) is 18.2 Å². The van der Waals surface area contributed by atoms with Crippen molar-refractivity contribution in [1.82, 2.24) is 0 Å². The summed E-state index contributed by atoms with van der Waals surface area (Å²) in [6.45, 7) is -0.0176. The van der Waals surface area contributed by atoms with Crippen LogP contribution >= 0.6 is 0 Å². The van der Waals surface area contributed by atoms with Gasteiger partial charge in [-0.05, 0) is 25.0 Å². The molecule has 22 heavy (non-hydrogen) atoms. The van der Waals surface area contributed by atoms with E-state index in [9.17, 15) is 14.3 Å². The second kappa shape index (κ2) is 7.28. The monoisotopic (exact) mass is 305 g/mol. The fourth-order valence-corrected chi connectivity index (χ4v) is 2.72. The maximum atomic E-state index is 13.3. The van der Waals surface area contributed by atoms with Crippen molar-refractivity contribution in [2.45, 2.75) is 44.1 Å². The molecular formula is C17H20FNO3. The minimum Gasteiger partial charge on any atom is -0.479 e. The first-order valence-corrected chi connectivity index (χ1v) is 7.40. The van der Waals surface area contributed by atoms with Crippen molar-refractivity contribution < 1.29 is 19.0 Å². The Labute approximate surface area is 129 Å². The molecule has 1 aliphatic rings. The lowest BCUT2D eigenvalue weighted by atomic mass is 9.82. The lowest BCUT2D eigenvalue weighted by Gasteiger charge is -2.31. The third-order valence-electron chi connectivity index (χ3n) is 3.80. The van der Waals surface area contributed by atoms with Crippen LogP contribution in [0.15, 0.2) is 18.2 Å². The van der Waals surface area contributed by atoms with Gasteiger partial charge in [-0.1, -0.05) is 25.2 Å². The van der Waals surface area contributed by atoms with Gasteiger partial charge in [0.15, 0.2) is 0 Å². The van der Waals surface area contributed by atoms with Crippen molar-refractivity contribution in [3.05, 3.63) is 24.0 Å². The van der Waals surface area contributed by atoms with E-state index in [1.165, 1.54) is 18.2 Å². The standard InChI is InChI=1S/C17H20FNO3/c1-2-10-22-15-11-13(18)6-7-14(15)19-16(20)12-17(21)8-4-3-5-9-17/h1,6-7,11,21H,3-5,8-10,12H2,(H,19,20). The summed E-state index contributed by atoms with van der Waals surface area (Å²) in [6.07, 6.45) is 9.35. The van der Waals surface area contributed by atoms with Crippen LogP contribution in [0.1, 0.15) is 38.5 Å². The van der Waals surface area contributed by atoms with Gasteiger partial charge in [0, 0.05) is 6.07 Å². The van der Waals surface area contributed by atoms with E-state index in [4.69, 9.17) is 11.2 Å². The molecule has 0 aliphatic heterocycles. The largest absolute Gasteiger partial charge is 0.479 e. The predicted octanol–water partition coefficient (Wildman–Crippen LogP) is 2.86. The highest BCUT2D eigenvalue weighted by molar-refractivity contribution is 5.92. The average Bonchev–Trinajstić information content (AvgIpc) is 2.47. The van der Waals surface area contributed by atoms with Gasteiger partial charge in [0.25, 0.3) is 0 Å². The molecule has 0 atom stereocenters. The Morgan fingerprint density at radius 3 is 2.82 bits per heavy atom. The number of nitrogens with one attached hydrogen (secondary N) is 1. The summed E-state index contributed by atoms with van der Waals surface area (Å²) in [5.41, 5.74) is -0.594. The van der Waals surface area contributed by atoms with Gasteiger partial charge in [0.05, 0.1) is 17.7 Å². The highest BCUT2D eigenvalue weighted by Gasteiger charge is 2.31. The average molecular weight is 305 g/mol. The van der Waals surface area contributed by atoms with Crippen LogP contribution in [0.2, 0.25) is 0 Å². The first-order valence-electron chi connectivity index (χ1n) is 7.40. The normalized spacial score (nSPS) is 16.6. The molecule has 1 aromatic rings. The quantitative estimate of drug-likeness (QED) is 0.822. The molecule has 2 N–H and O–H groups in total. The number of hydrogen-bond acceptors (Lipinski definition) is 3. The van der Waals surface area contributed by atoms with E-state index < -0.39 is 11.4 Å². The number of aliphatic hydroxyl groups is 1. The smallest absolute Gasteiger partial charge is 0.227 e. The number of amides is 1. The van der Waals surface area contributed by atoms with E-state index in [2.05, 4.69) is 11.2 Å². The molecule has 0 radical (unpaired) electrons. The highest BCUT2D eigenvalue weighted by atomic mass is 19.1. The molecule has 0 heterocycles. The maximum absolute atomic E-state index is 13.3. The van der Waals surface area contributed by atoms with Gasteiger partial charge < -0.3 is 15.2 Å². The van der Waals surface area contributed by atoms with Crippen LogP contribution < -0.4 is 10.1 Å². The minimum atomic E-state index is -0.942. The molecule has 0 unspecified atom stereocenters. The molecule has 0 saturated heterocycles. The van der Waals surface area contributed by atoms with Crippen LogP contribution in [0.3, 0.4) is 0 Å². The topological polar surface area (TPSA) is 58.6 Å². The van der Waals surface area contributed by atoms with E-state index in [-0.39, 0.29) is 24.7 Å². The molecule has 118 valence electrons. The Morgan fingerprint density at radius 1 is 1.41 bits per heavy atom. The van der Waals surface area contributed by atoms with Gasteiger partial charge in [-0.15, -0.1) is 6.42 Å². The third-order valence-corrected chi connectivity index (χ3v) is 3.80. The molecule has 1 amide bonds. The van der Waals surface area contributed by atoms with Gasteiger partial charge in [-0.3, -0.25) is 4.79 Å². The van der Waals surface area contributed by atoms with E-state index in [0.717, 1.165) is 19.3 Å². The Hall–Kier alpha value is -2.06. The van der Waals surface area contributed by atoms with E-state index in [0.29, 0.717) is 18.5 Å². The molecule has 1 aliphatic carbocycles. The number of carbonyl (C=O) groups excluding carboxylic acids is 1. The number of carbonyl (C=O) groups is 1. The molecule has 0 aromatic heterocycles. The summed E-state index contributed by atoms with van der Waals surface area (Å²) >= 11 is 0. The minimum absolute atomic E-state index is 0.0176. The third kappa shape index (κ3) is 4.47. The lowest BCUT2D eigenvalue weighted by molar-refractivity contribution is -0.122. The summed E-state index contributed by atoms with van der Waals surface area (Å²) < 4.78 is 18.5. The van der Waals surface area contributed by atoms with Crippen molar-refractivity contribution in [1.29, 1.82) is 0 Å². The second-order valence-corrected chi connectivity index (χ2v) is 5.64. The number of halogens is 1. The summed E-state index contributed by atoms with van der Waals surface area (Å²) in [4.78, 5) is 12.1. The molecule has 2 rings (SSSR count). The Morgan fingerprint density at radius 2 is 2.14 bits per heavy atom. The lowest BCUT2D eigenvalue weighted by Crippen LogP contribution is -2.35. The summed E-state index contributed by atoms with van der Waals surface area (Å²) in [5.74, 6) is 1.68. The van der Waals surface area contributed by atoms with Crippen molar-refractivity contribution >= 4 is 11.6 Å². The molecule has 1 fully saturated rings. The van der Waals surface area contributed by atoms with Gasteiger partial charge in [0.1, 0.15) is 18.2 Å². The Balaban J connectivity index is 2.03. The van der Waals surface area contributed by atoms with Crippen LogP contribution in [0.4, 0.5) is 10.1 Å². The van der Waals surface area contributed by atoms with Crippen LogP contribution in [-0.2, 0) is 4.79 Å². The summed E-state index contributed by atoms with van der Waals surface area (Å²) in [6, 6.07) is 3.82. The zero-order chi connectivity index (χ0) is 16.0. The predicted molar refractivity (Wildman–Crippen MR) is 82.0 cm³/mol. The zero-order valence-corrected chi connectivity index (χ0v) is 12.4. The number of benzene rings is 1.